The maximum atomic E-state index is 15.5. The normalized spacial score (nSPS) is 19.8. The molecule has 6 nitrogen and oxygen atoms in total. The fourth-order valence-corrected chi connectivity index (χ4v) is 4.27. The van der Waals surface area contributed by atoms with Crippen LogP contribution >= 0.6 is 0 Å². The summed E-state index contributed by atoms with van der Waals surface area (Å²) in [6.45, 7) is 3.06. The van der Waals surface area contributed by atoms with Gasteiger partial charge in [0.15, 0.2) is 11.6 Å². The highest BCUT2D eigenvalue weighted by molar-refractivity contribution is 5.83. The van der Waals surface area contributed by atoms with E-state index >= 15 is 4.39 Å². The molecule has 2 aliphatic carbocycles. The van der Waals surface area contributed by atoms with Gasteiger partial charge in [0.1, 0.15) is 5.54 Å². The van der Waals surface area contributed by atoms with Crippen LogP contribution in [0.2, 0.25) is 0 Å². The summed E-state index contributed by atoms with van der Waals surface area (Å²) in [6, 6.07) is 9.13. The van der Waals surface area contributed by atoms with Crippen LogP contribution in [0.15, 0.2) is 30.3 Å². The Labute approximate surface area is 193 Å². The highest BCUT2D eigenvalue weighted by atomic mass is 19.1. The van der Waals surface area contributed by atoms with E-state index in [0.29, 0.717) is 43.9 Å². The van der Waals surface area contributed by atoms with Crippen LogP contribution in [0, 0.1) is 12.7 Å². The lowest BCUT2D eigenvalue weighted by Gasteiger charge is -2.35. The Morgan fingerprint density at radius 1 is 1.12 bits per heavy atom. The van der Waals surface area contributed by atoms with E-state index in [0.717, 1.165) is 42.4 Å². The molecule has 2 aromatic carbocycles. The van der Waals surface area contributed by atoms with E-state index in [9.17, 15) is 9.90 Å². The third-order valence-corrected chi connectivity index (χ3v) is 6.54. The molecule has 1 heterocycles. The molecule has 3 fully saturated rings. The molecule has 1 saturated heterocycles. The van der Waals surface area contributed by atoms with Crippen LogP contribution in [0.1, 0.15) is 49.7 Å². The predicted molar refractivity (Wildman–Crippen MR) is 122 cm³/mol. The minimum atomic E-state index is -1.08. The lowest BCUT2D eigenvalue weighted by atomic mass is 9.89. The van der Waals surface area contributed by atoms with Gasteiger partial charge in [-0.1, -0.05) is 6.07 Å². The number of carboxylic acids is 1. The highest BCUT2D eigenvalue weighted by Crippen LogP contribution is 2.38. The number of aliphatic carboxylic acids is 1. The zero-order chi connectivity index (χ0) is 23.0. The summed E-state index contributed by atoms with van der Waals surface area (Å²) in [5.41, 5.74) is 2.56. The molecule has 176 valence electrons. The average Bonchev–Trinajstić information content (AvgIpc) is 3.71. The van der Waals surface area contributed by atoms with Gasteiger partial charge in [0, 0.05) is 37.3 Å². The van der Waals surface area contributed by atoms with Gasteiger partial charge in [-0.2, -0.15) is 0 Å². The van der Waals surface area contributed by atoms with Crippen molar-refractivity contribution in [2.24, 2.45) is 0 Å². The number of nitrogens with one attached hydrogen (secondary N) is 1. The van der Waals surface area contributed by atoms with Gasteiger partial charge in [-0.3, -0.25) is 0 Å². The summed E-state index contributed by atoms with van der Waals surface area (Å²) in [5.74, 6) is -0.972. The molecule has 2 aromatic rings. The Morgan fingerprint density at radius 2 is 1.85 bits per heavy atom. The minimum absolute atomic E-state index is 0.102. The third-order valence-electron chi connectivity index (χ3n) is 6.54. The van der Waals surface area contributed by atoms with E-state index in [1.807, 2.05) is 31.2 Å². The zero-order valence-corrected chi connectivity index (χ0v) is 18.9. The molecule has 2 saturated carbocycles. The van der Waals surface area contributed by atoms with Crippen molar-refractivity contribution < 1.29 is 28.5 Å². The van der Waals surface area contributed by atoms with Crippen LogP contribution < -0.4 is 10.1 Å². The Balaban J connectivity index is 1.49. The van der Waals surface area contributed by atoms with Crippen molar-refractivity contribution in [3.05, 3.63) is 47.3 Å². The highest BCUT2D eigenvalue weighted by Gasteiger charge is 2.40. The van der Waals surface area contributed by atoms with Gasteiger partial charge in [-0.15, -0.1) is 0 Å². The maximum absolute atomic E-state index is 15.5. The summed E-state index contributed by atoms with van der Waals surface area (Å²) in [6.07, 6.45) is 5.09. The van der Waals surface area contributed by atoms with Crippen LogP contribution in [0.4, 0.5) is 10.1 Å². The lowest BCUT2D eigenvalue weighted by molar-refractivity contribution is -0.145. The largest absolute Gasteiger partial charge is 0.487 e. The Hall–Kier alpha value is -2.64. The van der Waals surface area contributed by atoms with Crippen molar-refractivity contribution >= 4 is 11.7 Å². The van der Waals surface area contributed by atoms with Crippen LogP contribution in [0.25, 0.3) is 11.1 Å². The van der Waals surface area contributed by atoms with E-state index < -0.39 is 11.5 Å². The van der Waals surface area contributed by atoms with Gasteiger partial charge < -0.3 is 24.6 Å². The molecule has 1 aliphatic heterocycles. The minimum Gasteiger partial charge on any atom is -0.487 e. The standard InChI is InChI=1S/C26H30FNO5/c1-16-12-22(24(27)23(13-16)33-20-5-6-20)21-7-2-18(14-17(21)15-32-19-3-4-19)28-26(25(29)30)8-10-31-11-9-26/h2,7,12-14,19-20,28H,3-6,8-11,15H2,1H3,(H,29,30). The number of anilines is 1. The second kappa shape index (κ2) is 8.95. The molecule has 33 heavy (non-hydrogen) atoms. The molecule has 0 unspecified atom stereocenters. The van der Waals surface area contributed by atoms with Gasteiger partial charge in [0.2, 0.25) is 0 Å². The molecular formula is C26H30FNO5. The fourth-order valence-electron chi connectivity index (χ4n) is 4.27. The average molecular weight is 456 g/mol. The van der Waals surface area contributed by atoms with Crippen LogP contribution in [0.5, 0.6) is 5.75 Å². The summed E-state index contributed by atoms with van der Waals surface area (Å²) >= 11 is 0. The third kappa shape index (κ3) is 4.99. The van der Waals surface area contributed by atoms with E-state index in [2.05, 4.69) is 5.32 Å². The number of carboxylic acid groups (broad SMARTS) is 1. The number of ether oxygens (including phenoxy) is 3. The van der Waals surface area contributed by atoms with Crippen molar-refractivity contribution in [2.45, 2.75) is 69.8 Å². The molecule has 0 radical (unpaired) electrons. The number of halogens is 1. The van der Waals surface area contributed by atoms with E-state index in [-0.39, 0.29) is 23.8 Å². The summed E-state index contributed by atoms with van der Waals surface area (Å²) in [4.78, 5) is 12.1. The predicted octanol–water partition coefficient (Wildman–Crippen LogP) is 5.07. The molecule has 0 amide bonds. The van der Waals surface area contributed by atoms with Crippen molar-refractivity contribution in [2.75, 3.05) is 18.5 Å². The van der Waals surface area contributed by atoms with Crippen molar-refractivity contribution in [1.29, 1.82) is 0 Å². The zero-order valence-electron chi connectivity index (χ0n) is 18.9. The Kier molecular flexibility index (Phi) is 6.01. The smallest absolute Gasteiger partial charge is 0.329 e. The van der Waals surface area contributed by atoms with E-state index in [1.165, 1.54) is 0 Å². The first-order valence-corrected chi connectivity index (χ1v) is 11.7. The molecule has 0 aromatic heterocycles. The molecular weight excluding hydrogens is 425 g/mol. The second-order valence-electron chi connectivity index (χ2n) is 9.45. The second-order valence-corrected chi connectivity index (χ2v) is 9.45. The molecule has 5 rings (SSSR count). The Morgan fingerprint density at radius 3 is 2.52 bits per heavy atom. The number of hydrogen-bond donors (Lipinski definition) is 2. The van der Waals surface area contributed by atoms with Crippen molar-refractivity contribution in [3.63, 3.8) is 0 Å². The van der Waals surface area contributed by atoms with Gasteiger partial charge in [0.05, 0.1) is 18.8 Å². The van der Waals surface area contributed by atoms with Gasteiger partial charge >= 0.3 is 5.97 Å². The summed E-state index contributed by atoms with van der Waals surface area (Å²) < 4.78 is 32.7. The number of carbonyl (C=O) groups is 1. The molecule has 0 bridgehead atoms. The quantitative estimate of drug-likeness (QED) is 0.550. The molecule has 7 heteroatoms. The van der Waals surface area contributed by atoms with E-state index in [1.54, 1.807) is 6.07 Å². The number of aryl methyl sites for hydroxylation is 1. The fraction of sp³-hybridized carbons (Fsp3) is 0.500. The number of rotatable bonds is 9. The molecule has 0 spiro atoms. The van der Waals surface area contributed by atoms with Crippen LogP contribution in [-0.2, 0) is 20.9 Å². The van der Waals surface area contributed by atoms with Crippen molar-refractivity contribution in [1.82, 2.24) is 0 Å². The van der Waals surface area contributed by atoms with E-state index in [4.69, 9.17) is 14.2 Å². The van der Waals surface area contributed by atoms with Gasteiger partial charge in [-0.25, -0.2) is 9.18 Å². The Bertz CT molecular complexity index is 1040. The first-order valence-electron chi connectivity index (χ1n) is 11.7. The maximum Gasteiger partial charge on any atom is 0.329 e. The van der Waals surface area contributed by atoms with Crippen molar-refractivity contribution in [3.8, 4) is 16.9 Å². The van der Waals surface area contributed by atoms with Crippen LogP contribution in [0.3, 0.4) is 0 Å². The van der Waals surface area contributed by atoms with Gasteiger partial charge in [0.25, 0.3) is 0 Å². The van der Waals surface area contributed by atoms with Gasteiger partial charge in [-0.05, 0) is 73.6 Å². The topological polar surface area (TPSA) is 77.0 Å². The van der Waals surface area contributed by atoms with Crippen LogP contribution in [-0.4, -0.2) is 42.0 Å². The number of hydrogen-bond acceptors (Lipinski definition) is 5. The first-order chi connectivity index (χ1) is 15.9. The molecule has 0 atom stereocenters. The summed E-state index contributed by atoms with van der Waals surface area (Å²) in [7, 11) is 0. The lowest BCUT2D eigenvalue weighted by Crippen LogP contribution is -2.50. The summed E-state index contributed by atoms with van der Waals surface area (Å²) in [5, 5.41) is 13.1. The monoisotopic (exact) mass is 455 g/mol. The molecule has 3 aliphatic rings. The SMILES string of the molecule is Cc1cc(OC2CC2)c(F)c(-c2ccc(NC3(C(=O)O)CCOCC3)cc2COC2CC2)c1. The first kappa shape index (κ1) is 22.2. The number of benzene rings is 2. The molecule has 2 N–H and O–H groups in total.